The molecule has 170 valence electrons. The average Bonchev–Trinajstić information content (AvgIpc) is 3.33. The van der Waals surface area contributed by atoms with E-state index >= 15 is 0 Å². The van der Waals surface area contributed by atoms with Crippen LogP contribution in [0.3, 0.4) is 0 Å². The van der Waals surface area contributed by atoms with Gasteiger partial charge >= 0.3 is 5.91 Å². The van der Waals surface area contributed by atoms with Crippen LogP contribution in [0.25, 0.3) is 5.76 Å². The van der Waals surface area contributed by atoms with Gasteiger partial charge in [-0.3, -0.25) is 14.5 Å². The predicted octanol–water partition coefficient (Wildman–Crippen LogP) is 4.92. The Morgan fingerprint density at radius 2 is 1.79 bits per heavy atom. The van der Waals surface area contributed by atoms with Crippen molar-refractivity contribution in [1.82, 2.24) is 5.16 Å². The molecule has 1 saturated heterocycles. The van der Waals surface area contributed by atoms with E-state index in [-0.39, 0.29) is 22.6 Å². The quantitative estimate of drug-likeness (QED) is 0.348. The Hall–Kier alpha value is -3.87. The van der Waals surface area contributed by atoms with Crippen LogP contribution in [-0.4, -0.2) is 29.1 Å². The van der Waals surface area contributed by atoms with E-state index in [1.807, 2.05) is 24.3 Å². The number of hydrogen-bond donors (Lipinski definition) is 1. The number of rotatable bonds is 4. The van der Waals surface area contributed by atoms with Crippen LogP contribution < -0.4 is 9.64 Å². The van der Waals surface area contributed by atoms with E-state index in [0.717, 1.165) is 5.56 Å². The molecule has 1 N–H and O–H groups in total. The summed E-state index contributed by atoms with van der Waals surface area (Å²) in [5.74, 6) is -0.615. The van der Waals surface area contributed by atoms with Crippen LogP contribution in [0.2, 0.25) is 0 Å². The highest BCUT2D eigenvalue weighted by molar-refractivity contribution is 6.51. The van der Waals surface area contributed by atoms with Crippen molar-refractivity contribution in [1.29, 1.82) is 0 Å². The minimum absolute atomic E-state index is 0.0163. The van der Waals surface area contributed by atoms with Crippen LogP contribution in [0.5, 0.6) is 5.75 Å². The number of carbonyl (C=O) groups excluding carboxylic acids is 2. The van der Waals surface area contributed by atoms with Gasteiger partial charge in [0.05, 0.1) is 18.7 Å². The number of Topliss-reactive ketones (excluding diaryl/α,β-unsaturated/α-hetero) is 1. The van der Waals surface area contributed by atoms with Crippen molar-refractivity contribution >= 4 is 23.3 Å². The Kier molecular flexibility index (Phi) is 5.57. The van der Waals surface area contributed by atoms with E-state index in [1.54, 1.807) is 37.3 Å². The molecule has 33 heavy (non-hydrogen) atoms. The molecule has 0 unspecified atom stereocenters. The summed E-state index contributed by atoms with van der Waals surface area (Å²) in [6.45, 7) is 8.02. The standard InChI is InChI=1S/C26H26N2O5/c1-15-13-20(27-33-15)28-22(16-9-11-18(12-10-16)26(2,3)4)21(24(30)25(28)31)23(29)17-7-6-8-19(14-17)32-5/h6-14,22,29H,1-5H3/t22-/m0/s1. The highest BCUT2D eigenvalue weighted by Crippen LogP contribution is 2.42. The number of benzene rings is 2. The van der Waals surface area contributed by atoms with Crippen LogP contribution in [-0.2, 0) is 15.0 Å². The molecule has 7 heteroatoms. The summed E-state index contributed by atoms with van der Waals surface area (Å²) in [5.41, 5.74) is 2.07. The van der Waals surface area contributed by atoms with Crippen molar-refractivity contribution in [2.45, 2.75) is 39.2 Å². The molecule has 2 heterocycles. The Morgan fingerprint density at radius 3 is 2.36 bits per heavy atom. The molecule has 1 atom stereocenters. The van der Waals surface area contributed by atoms with E-state index < -0.39 is 17.7 Å². The van der Waals surface area contributed by atoms with E-state index in [0.29, 0.717) is 22.6 Å². The fourth-order valence-electron chi connectivity index (χ4n) is 3.94. The topological polar surface area (TPSA) is 92.9 Å². The van der Waals surface area contributed by atoms with Gasteiger partial charge in [0.2, 0.25) is 0 Å². The lowest BCUT2D eigenvalue weighted by atomic mass is 9.85. The number of ether oxygens (including phenoxy) is 1. The molecular weight excluding hydrogens is 420 g/mol. The highest BCUT2D eigenvalue weighted by atomic mass is 16.5. The van der Waals surface area contributed by atoms with Crippen molar-refractivity contribution in [2.75, 3.05) is 12.0 Å². The van der Waals surface area contributed by atoms with Gasteiger partial charge in [-0.25, -0.2) is 0 Å². The number of aliphatic hydroxyl groups is 1. The average molecular weight is 447 g/mol. The molecule has 7 nitrogen and oxygen atoms in total. The summed E-state index contributed by atoms with van der Waals surface area (Å²) < 4.78 is 10.4. The first-order chi connectivity index (χ1) is 15.6. The molecule has 0 aliphatic carbocycles. The second kappa shape index (κ2) is 8.24. The van der Waals surface area contributed by atoms with Crippen LogP contribution in [0.1, 0.15) is 49.3 Å². The predicted molar refractivity (Wildman–Crippen MR) is 124 cm³/mol. The third kappa shape index (κ3) is 4.02. The number of ketones is 1. The molecule has 1 aliphatic rings. The molecule has 2 aromatic carbocycles. The fraction of sp³-hybridized carbons (Fsp3) is 0.269. The minimum atomic E-state index is -0.866. The molecule has 0 saturated carbocycles. The van der Waals surface area contributed by atoms with Crippen molar-refractivity contribution in [3.8, 4) is 5.75 Å². The van der Waals surface area contributed by atoms with Crippen molar-refractivity contribution in [3.63, 3.8) is 0 Å². The molecular formula is C26H26N2O5. The second-order valence-electron chi connectivity index (χ2n) is 9.07. The Labute approximate surface area is 192 Å². The third-order valence-corrected chi connectivity index (χ3v) is 5.74. The normalized spacial score (nSPS) is 18.1. The van der Waals surface area contributed by atoms with Gasteiger partial charge in [-0.05, 0) is 35.6 Å². The maximum atomic E-state index is 13.2. The van der Waals surface area contributed by atoms with Gasteiger partial charge in [-0.2, -0.15) is 0 Å². The van der Waals surface area contributed by atoms with Gasteiger partial charge in [0, 0.05) is 11.6 Å². The molecule has 0 radical (unpaired) electrons. The maximum Gasteiger partial charge on any atom is 0.301 e. The van der Waals surface area contributed by atoms with Gasteiger partial charge in [-0.1, -0.05) is 62.3 Å². The van der Waals surface area contributed by atoms with Gasteiger partial charge in [0.15, 0.2) is 5.82 Å². The smallest absolute Gasteiger partial charge is 0.301 e. The Bertz CT molecular complexity index is 1250. The lowest BCUT2D eigenvalue weighted by Crippen LogP contribution is -2.29. The summed E-state index contributed by atoms with van der Waals surface area (Å²) >= 11 is 0. The van der Waals surface area contributed by atoms with Crippen LogP contribution in [0, 0.1) is 6.92 Å². The van der Waals surface area contributed by atoms with Gasteiger partial charge in [-0.15, -0.1) is 0 Å². The van der Waals surface area contributed by atoms with E-state index in [1.165, 1.54) is 12.0 Å². The number of nitrogens with zero attached hydrogens (tertiary/aromatic N) is 2. The van der Waals surface area contributed by atoms with Gasteiger partial charge < -0.3 is 14.4 Å². The summed E-state index contributed by atoms with van der Waals surface area (Å²) in [5, 5.41) is 15.2. The first-order valence-electron chi connectivity index (χ1n) is 10.6. The zero-order chi connectivity index (χ0) is 23.9. The fourth-order valence-corrected chi connectivity index (χ4v) is 3.94. The summed E-state index contributed by atoms with van der Waals surface area (Å²) in [7, 11) is 1.52. The molecule has 1 fully saturated rings. The number of aryl methyl sites for hydroxylation is 1. The number of aromatic nitrogens is 1. The monoisotopic (exact) mass is 446 g/mol. The highest BCUT2D eigenvalue weighted by Gasteiger charge is 2.48. The van der Waals surface area contributed by atoms with E-state index in [9.17, 15) is 14.7 Å². The van der Waals surface area contributed by atoms with Crippen LogP contribution >= 0.6 is 0 Å². The van der Waals surface area contributed by atoms with Crippen LogP contribution in [0.4, 0.5) is 5.82 Å². The molecule has 0 spiro atoms. The third-order valence-electron chi connectivity index (χ3n) is 5.74. The number of aliphatic hydroxyl groups excluding tert-OH is 1. The number of carbonyl (C=O) groups is 2. The summed E-state index contributed by atoms with van der Waals surface area (Å²) in [4.78, 5) is 27.6. The summed E-state index contributed by atoms with van der Waals surface area (Å²) in [6.07, 6.45) is 0. The lowest BCUT2D eigenvalue weighted by Gasteiger charge is -2.24. The molecule has 1 aliphatic heterocycles. The number of hydrogen-bond acceptors (Lipinski definition) is 6. The zero-order valence-corrected chi connectivity index (χ0v) is 19.2. The van der Waals surface area contributed by atoms with Crippen molar-refractivity contribution in [2.24, 2.45) is 0 Å². The van der Waals surface area contributed by atoms with E-state index in [2.05, 4.69) is 25.9 Å². The SMILES string of the molecule is COc1cccc(C(O)=C2C(=O)C(=O)N(c3cc(C)on3)[C@H]2c2ccc(C(C)(C)C)cc2)c1. The molecule has 0 bridgehead atoms. The lowest BCUT2D eigenvalue weighted by molar-refractivity contribution is -0.132. The van der Waals surface area contributed by atoms with Crippen LogP contribution in [0.15, 0.2) is 64.7 Å². The zero-order valence-electron chi connectivity index (χ0n) is 19.2. The first kappa shape index (κ1) is 22.3. The number of amides is 1. The summed E-state index contributed by atoms with van der Waals surface area (Å²) in [6, 6.07) is 15.1. The second-order valence-corrected chi connectivity index (χ2v) is 9.07. The van der Waals surface area contributed by atoms with E-state index in [4.69, 9.17) is 9.26 Å². The Balaban J connectivity index is 1.92. The van der Waals surface area contributed by atoms with Gasteiger partial charge in [0.1, 0.15) is 17.3 Å². The minimum Gasteiger partial charge on any atom is -0.507 e. The van der Waals surface area contributed by atoms with Crippen molar-refractivity contribution in [3.05, 3.63) is 82.6 Å². The maximum absolute atomic E-state index is 13.2. The van der Waals surface area contributed by atoms with Crippen molar-refractivity contribution < 1.29 is 24.0 Å². The molecule has 1 aromatic heterocycles. The largest absolute Gasteiger partial charge is 0.507 e. The first-order valence-corrected chi connectivity index (χ1v) is 10.6. The Morgan fingerprint density at radius 1 is 1.09 bits per heavy atom. The number of methoxy groups -OCH3 is 1. The molecule has 4 rings (SSSR count). The molecule has 3 aromatic rings. The molecule has 1 amide bonds. The number of anilines is 1. The van der Waals surface area contributed by atoms with Gasteiger partial charge in [0.25, 0.3) is 5.78 Å².